The number of carbonyl (C=O) groups excluding carboxylic acids is 2. The molecule has 210 valence electrons. The molecule has 1 aromatic carbocycles. The van der Waals surface area contributed by atoms with E-state index in [1.54, 1.807) is 51.5 Å². The predicted octanol–water partition coefficient (Wildman–Crippen LogP) is 4.04. The van der Waals surface area contributed by atoms with E-state index in [0.717, 1.165) is 28.8 Å². The van der Waals surface area contributed by atoms with Gasteiger partial charge < -0.3 is 15.8 Å². The molecule has 1 aliphatic rings. The zero-order valence-electron chi connectivity index (χ0n) is 23.1. The second kappa shape index (κ2) is 12.5. The van der Waals surface area contributed by atoms with Gasteiger partial charge in [-0.25, -0.2) is 24.8 Å². The van der Waals surface area contributed by atoms with Gasteiger partial charge in [0.15, 0.2) is 0 Å². The Morgan fingerprint density at radius 1 is 1.15 bits per heavy atom. The monoisotopic (exact) mass is 546 g/mol. The number of aliphatic imine (C=N–C) groups is 1. The van der Waals surface area contributed by atoms with Crippen molar-refractivity contribution in [3.8, 4) is 11.1 Å². The molecule has 0 radical (unpaired) electrons. The molecule has 0 unspecified atom stereocenters. The number of fused-ring (bicyclic) bond motifs is 1. The van der Waals surface area contributed by atoms with Gasteiger partial charge in [-0.3, -0.25) is 14.7 Å². The number of rotatable bonds is 9. The molecule has 40 heavy (non-hydrogen) atoms. The number of hydroxylamine groups is 2. The van der Waals surface area contributed by atoms with Crippen LogP contribution in [0.1, 0.15) is 57.6 Å². The Morgan fingerprint density at radius 2 is 1.93 bits per heavy atom. The van der Waals surface area contributed by atoms with E-state index in [4.69, 9.17) is 15.3 Å². The molecule has 0 fully saturated rings. The molecule has 0 saturated heterocycles. The van der Waals surface area contributed by atoms with E-state index in [9.17, 15) is 9.59 Å². The molecule has 3 aromatic rings. The van der Waals surface area contributed by atoms with Crippen LogP contribution in [-0.4, -0.2) is 55.2 Å². The van der Waals surface area contributed by atoms with Gasteiger partial charge in [-0.15, -0.1) is 0 Å². The van der Waals surface area contributed by atoms with E-state index in [2.05, 4.69) is 30.5 Å². The number of aromatic amines is 1. The Kier molecular flexibility index (Phi) is 8.90. The van der Waals surface area contributed by atoms with Crippen LogP contribution in [0.4, 0.5) is 10.5 Å². The van der Waals surface area contributed by atoms with Gasteiger partial charge in [0.1, 0.15) is 23.9 Å². The molecular weight excluding hydrogens is 512 g/mol. The second-order valence-corrected chi connectivity index (χ2v) is 10.2. The van der Waals surface area contributed by atoms with E-state index in [1.807, 2.05) is 25.1 Å². The average molecular weight is 547 g/mol. The third-order valence-electron chi connectivity index (χ3n) is 5.69. The summed E-state index contributed by atoms with van der Waals surface area (Å²) in [7, 11) is 0. The van der Waals surface area contributed by atoms with Gasteiger partial charge in [0.2, 0.25) is 0 Å². The summed E-state index contributed by atoms with van der Waals surface area (Å²) >= 11 is 0. The minimum atomic E-state index is -0.585. The van der Waals surface area contributed by atoms with Gasteiger partial charge in [-0.1, -0.05) is 19.1 Å². The van der Waals surface area contributed by atoms with E-state index in [1.165, 1.54) is 5.06 Å². The Balaban J connectivity index is 1.48. The summed E-state index contributed by atoms with van der Waals surface area (Å²) in [6.45, 7) is 8.13. The Bertz CT molecular complexity index is 1390. The number of carbonyl (C=O) groups is 2. The summed E-state index contributed by atoms with van der Waals surface area (Å²) in [5.41, 5.74) is 9.88. The van der Waals surface area contributed by atoms with Crippen molar-refractivity contribution in [3.63, 3.8) is 0 Å². The van der Waals surface area contributed by atoms with E-state index in [0.29, 0.717) is 29.5 Å². The first kappa shape index (κ1) is 28.4. The molecule has 4 rings (SSSR count). The van der Waals surface area contributed by atoms with Crippen molar-refractivity contribution < 1.29 is 19.2 Å². The molecule has 4 N–H and O–H groups in total. The highest BCUT2D eigenvalue weighted by molar-refractivity contribution is 6.05. The summed E-state index contributed by atoms with van der Waals surface area (Å²) in [6.07, 6.45) is 7.17. The smallest absolute Gasteiger partial charge is 0.408 e. The van der Waals surface area contributed by atoms with Crippen molar-refractivity contribution >= 4 is 29.6 Å². The van der Waals surface area contributed by atoms with Crippen molar-refractivity contribution in [2.24, 2.45) is 10.7 Å². The Morgan fingerprint density at radius 3 is 2.60 bits per heavy atom. The maximum atomic E-state index is 13.4. The summed E-state index contributed by atoms with van der Waals surface area (Å²) in [4.78, 5) is 44.3. The maximum Gasteiger partial charge on any atom is 0.408 e. The standard InChI is InChI=1S/C28H34N8O4/c1-5-10-36(39-17-22-8-9-33-35-22)26(37)20-11-19-7-6-18(12-23(19)34-24(29)13-20)21-14-30-25(31-15-21)16-32-27(38)40-28(2,3)4/h6-9,11-12,14-15H,5,10,13,16-17H2,1-4H3,(H2,29,34)(H,32,38)(H,33,35). The topological polar surface area (TPSA) is 161 Å². The number of aromatic nitrogens is 4. The number of nitrogens with zero attached hydrogens (tertiary/aromatic N) is 5. The lowest BCUT2D eigenvalue weighted by atomic mass is 10.0. The van der Waals surface area contributed by atoms with Crippen molar-refractivity contribution in [1.29, 1.82) is 0 Å². The van der Waals surface area contributed by atoms with Gasteiger partial charge in [0.25, 0.3) is 5.91 Å². The highest BCUT2D eigenvalue weighted by Crippen LogP contribution is 2.31. The lowest BCUT2D eigenvalue weighted by molar-refractivity contribution is -0.187. The number of amides is 2. The second-order valence-electron chi connectivity index (χ2n) is 10.2. The number of nitrogens with two attached hydrogens (primary N) is 1. The van der Waals surface area contributed by atoms with Gasteiger partial charge in [-0.2, -0.15) is 5.10 Å². The molecule has 2 aromatic heterocycles. The SMILES string of the molecule is CCCN(OCc1ccn[nH]1)C(=O)C1=Cc2ccc(-c3cnc(CNC(=O)OC(C)(C)C)nc3)cc2N=C(N)C1. The van der Waals surface area contributed by atoms with Crippen molar-refractivity contribution in [2.75, 3.05) is 6.54 Å². The first-order valence-electron chi connectivity index (χ1n) is 13.0. The molecule has 0 spiro atoms. The van der Waals surface area contributed by atoms with Gasteiger partial charge >= 0.3 is 6.09 Å². The number of nitrogens with one attached hydrogen (secondary N) is 2. The first-order valence-corrected chi connectivity index (χ1v) is 13.0. The fourth-order valence-corrected chi connectivity index (χ4v) is 3.87. The molecule has 2 amide bonds. The minimum Gasteiger partial charge on any atom is -0.444 e. The molecule has 0 atom stereocenters. The highest BCUT2D eigenvalue weighted by Gasteiger charge is 2.23. The minimum absolute atomic E-state index is 0.141. The van der Waals surface area contributed by atoms with Crippen LogP contribution in [0, 0.1) is 0 Å². The fraction of sp³-hybridized carbons (Fsp3) is 0.357. The lowest BCUT2D eigenvalue weighted by Crippen LogP contribution is -2.34. The average Bonchev–Trinajstić information content (AvgIpc) is 3.37. The molecule has 3 heterocycles. The van der Waals surface area contributed by atoms with Gasteiger partial charge in [-0.05, 0) is 51.0 Å². The molecule has 0 saturated carbocycles. The predicted molar refractivity (Wildman–Crippen MR) is 150 cm³/mol. The summed E-state index contributed by atoms with van der Waals surface area (Å²) in [5.74, 6) is 0.504. The summed E-state index contributed by atoms with van der Waals surface area (Å²) < 4.78 is 5.23. The number of ether oxygens (including phenoxy) is 1. The van der Waals surface area contributed by atoms with Crippen LogP contribution in [0.25, 0.3) is 17.2 Å². The molecule has 0 bridgehead atoms. The lowest BCUT2D eigenvalue weighted by Gasteiger charge is -2.22. The fourth-order valence-electron chi connectivity index (χ4n) is 3.87. The number of hydrogen-bond donors (Lipinski definition) is 3. The van der Waals surface area contributed by atoms with Gasteiger partial charge in [0, 0.05) is 48.3 Å². The van der Waals surface area contributed by atoms with Gasteiger partial charge in [0.05, 0.1) is 17.9 Å². The van der Waals surface area contributed by atoms with Crippen LogP contribution in [0.2, 0.25) is 0 Å². The van der Waals surface area contributed by atoms with E-state index in [-0.39, 0.29) is 25.5 Å². The van der Waals surface area contributed by atoms with Crippen LogP contribution >= 0.6 is 0 Å². The largest absolute Gasteiger partial charge is 0.444 e. The van der Waals surface area contributed by atoms with Crippen LogP contribution in [0.3, 0.4) is 0 Å². The van der Waals surface area contributed by atoms with Crippen molar-refractivity contribution in [3.05, 3.63) is 65.5 Å². The quantitative estimate of drug-likeness (QED) is 0.339. The van der Waals surface area contributed by atoms with E-state index < -0.39 is 11.7 Å². The molecular formula is C28H34N8O4. The van der Waals surface area contributed by atoms with E-state index >= 15 is 0 Å². The number of benzene rings is 1. The maximum absolute atomic E-state index is 13.4. The van der Waals surface area contributed by atoms with Crippen molar-refractivity contribution in [1.82, 2.24) is 30.5 Å². The Hall–Kier alpha value is -4.58. The zero-order valence-corrected chi connectivity index (χ0v) is 23.1. The number of alkyl carbamates (subject to hydrolysis) is 1. The zero-order chi connectivity index (χ0) is 28.7. The normalized spacial score (nSPS) is 13.0. The summed E-state index contributed by atoms with van der Waals surface area (Å²) in [5, 5.41) is 10.7. The number of amidine groups is 1. The molecule has 1 aliphatic heterocycles. The molecule has 12 heteroatoms. The third kappa shape index (κ3) is 7.73. The molecule has 12 nitrogen and oxygen atoms in total. The Labute approximate surface area is 232 Å². The van der Waals surface area contributed by atoms with Crippen LogP contribution < -0.4 is 11.1 Å². The third-order valence-corrected chi connectivity index (χ3v) is 5.69. The van der Waals surface area contributed by atoms with Crippen molar-refractivity contribution in [2.45, 2.75) is 59.3 Å². The summed E-state index contributed by atoms with van der Waals surface area (Å²) in [6, 6.07) is 7.46. The number of hydrogen-bond acceptors (Lipinski definition) is 9. The van der Waals surface area contributed by atoms with Crippen LogP contribution in [0.5, 0.6) is 0 Å². The number of H-pyrrole nitrogens is 1. The van der Waals surface area contributed by atoms with Crippen LogP contribution in [-0.2, 0) is 27.5 Å². The van der Waals surface area contributed by atoms with Crippen LogP contribution in [0.15, 0.2) is 53.4 Å². The molecule has 0 aliphatic carbocycles. The highest BCUT2D eigenvalue weighted by atomic mass is 16.7. The first-order chi connectivity index (χ1) is 19.1.